The lowest BCUT2D eigenvalue weighted by Gasteiger charge is -2.14. The summed E-state index contributed by atoms with van der Waals surface area (Å²) in [7, 11) is 6.76. The molecular weight excluding hydrogens is 466 g/mol. The molecular formula is C26H34N3O7+. The first-order valence-electron chi connectivity index (χ1n) is 11.2. The molecule has 10 nitrogen and oxygen atoms in total. The van der Waals surface area contributed by atoms with Gasteiger partial charge in [-0.1, -0.05) is 18.2 Å². The number of nitrogens with zero attached hydrogens (tertiary/aromatic N) is 1. The second kappa shape index (κ2) is 13.3. The maximum absolute atomic E-state index is 13.0. The van der Waals surface area contributed by atoms with Crippen LogP contribution in [0.4, 0.5) is 0 Å². The molecule has 4 rings (SSSR count). The molecule has 2 heterocycles. The number of amides is 2. The van der Waals surface area contributed by atoms with Crippen LogP contribution in [0.25, 0.3) is 22.0 Å². The number of rotatable bonds is 8. The van der Waals surface area contributed by atoms with Gasteiger partial charge in [-0.25, -0.2) is 0 Å². The SMILES string of the molecule is CO.COc1cc(C2=C(c3cn(CCCN)c4ccccc34)C(=O)NC2=O)cc(OC)c1OC.C[OH2+]. The highest BCUT2D eigenvalue weighted by Gasteiger charge is 2.35. The summed E-state index contributed by atoms with van der Waals surface area (Å²) < 4.78 is 18.3. The van der Waals surface area contributed by atoms with Crippen LogP contribution in [-0.2, 0) is 16.1 Å². The van der Waals surface area contributed by atoms with Crippen molar-refractivity contribution in [2.24, 2.45) is 5.73 Å². The van der Waals surface area contributed by atoms with Crippen molar-refractivity contribution in [3.63, 3.8) is 0 Å². The molecule has 1 aliphatic heterocycles. The summed E-state index contributed by atoms with van der Waals surface area (Å²) in [6.45, 7) is 1.26. The van der Waals surface area contributed by atoms with Gasteiger partial charge < -0.3 is 34.7 Å². The number of nitrogens with one attached hydrogen (secondary N) is 1. The maximum Gasteiger partial charge on any atom is 0.259 e. The Balaban J connectivity index is 0.00000109. The van der Waals surface area contributed by atoms with Crippen molar-refractivity contribution in [1.29, 1.82) is 0 Å². The monoisotopic (exact) mass is 500 g/mol. The maximum atomic E-state index is 13.0. The van der Waals surface area contributed by atoms with E-state index in [4.69, 9.17) is 30.2 Å². The normalized spacial score (nSPS) is 12.4. The lowest BCUT2D eigenvalue weighted by atomic mass is 9.95. The van der Waals surface area contributed by atoms with Gasteiger partial charge in [-0.2, -0.15) is 0 Å². The van der Waals surface area contributed by atoms with E-state index >= 15 is 0 Å². The number of imide groups is 1. The minimum Gasteiger partial charge on any atom is -0.493 e. The van der Waals surface area contributed by atoms with E-state index in [9.17, 15) is 9.59 Å². The fourth-order valence-corrected chi connectivity index (χ4v) is 4.11. The summed E-state index contributed by atoms with van der Waals surface area (Å²) in [6, 6.07) is 11.1. The molecule has 6 N–H and O–H groups in total. The molecule has 0 unspecified atom stereocenters. The van der Waals surface area contributed by atoms with E-state index in [1.54, 1.807) is 12.1 Å². The second-order valence-electron chi connectivity index (χ2n) is 7.34. The molecule has 2 amide bonds. The number of benzene rings is 2. The van der Waals surface area contributed by atoms with Crippen molar-refractivity contribution in [3.8, 4) is 17.2 Å². The van der Waals surface area contributed by atoms with Gasteiger partial charge in [0, 0.05) is 36.3 Å². The fourth-order valence-electron chi connectivity index (χ4n) is 4.11. The number of carbonyl (C=O) groups excluding carboxylic acids is 2. The predicted octanol–water partition coefficient (Wildman–Crippen LogP) is 1.53. The highest BCUT2D eigenvalue weighted by atomic mass is 16.5. The number of hydrogen-bond donors (Lipinski definition) is 3. The van der Waals surface area contributed by atoms with Crippen molar-refractivity contribution in [1.82, 2.24) is 9.88 Å². The molecule has 1 aliphatic rings. The van der Waals surface area contributed by atoms with Gasteiger partial charge >= 0.3 is 0 Å². The van der Waals surface area contributed by atoms with E-state index in [0.717, 1.165) is 24.4 Å². The first kappa shape index (κ1) is 28.4. The third-order valence-electron chi connectivity index (χ3n) is 5.55. The highest BCUT2D eigenvalue weighted by Crippen LogP contribution is 2.43. The lowest BCUT2D eigenvalue weighted by molar-refractivity contribution is -0.122. The Morgan fingerprint density at radius 3 is 2.08 bits per heavy atom. The van der Waals surface area contributed by atoms with E-state index in [1.807, 2.05) is 30.5 Å². The van der Waals surface area contributed by atoms with Crippen LogP contribution in [0, 0.1) is 0 Å². The molecule has 0 atom stereocenters. The second-order valence-corrected chi connectivity index (χ2v) is 7.34. The number of aryl methyl sites for hydroxylation is 1. The number of nitrogens with two attached hydrogens (primary N) is 1. The van der Waals surface area contributed by atoms with Gasteiger partial charge in [0.15, 0.2) is 11.5 Å². The van der Waals surface area contributed by atoms with E-state index in [0.29, 0.717) is 47.0 Å². The Bertz CT molecular complexity index is 1220. The number of carbonyl (C=O) groups is 2. The fraction of sp³-hybridized carbons (Fsp3) is 0.308. The van der Waals surface area contributed by atoms with Crippen molar-refractivity contribution in [3.05, 3.63) is 53.7 Å². The average molecular weight is 501 g/mol. The Kier molecular flexibility index (Phi) is 10.5. The van der Waals surface area contributed by atoms with Gasteiger partial charge in [0.05, 0.1) is 32.5 Å². The highest BCUT2D eigenvalue weighted by molar-refractivity contribution is 6.50. The number of aromatic nitrogens is 1. The summed E-state index contributed by atoms with van der Waals surface area (Å²) in [6.07, 6.45) is 2.70. The number of para-hydroxylation sites is 1. The van der Waals surface area contributed by atoms with Gasteiger partial charge in [0.1, 0.15) is 7.11 Å². The zero-order valence-corrected chi connectivity index (χ0v) is 21.2. The van der Waals surface area contributed by atoms with Crippen LogP contribution < -0.4 is 25.3 Å². The van der Waals surface area contributed by atoms with Crippen LogP contribution in [0.5, 0.6) is 17.2 Å². The van der Waals surface area contributed by atoms with Crippen LogP contribution in [0.3, 0.4) is 0 Å². The van der Waals surface area contributed by atoms with Crippen molar-refractivity contribution >= 4 is 33.9 Å². The smallest absolute Gasteiger partial charge is 0.259 e. The van der Waals surface area contributed by atoms with Crippen LogP contribution >= 0.6 is 0 Å². The molecule has 2 aromatic carbocycles. The molecule has 3 aromatic rings. The molecule has 0 fully saturated rings. The minimum absolute atomic E-state index is 0.260. The van der Waals surface area contributed by atoms with Crippen LogP contribution in [0.2, 0.25) is 0 Å². The molecule has 0 aliphatic carbocycles. The zero-order chi connectivity index (χ0) is 26.8. The molecule has 0 spiro atoms. The largest absolute Gasteiger partial charge is 0.493 e. The summed E-state index contributed by atoms with van der Waals surface area (Å²) in [5, 5.41) is 16.1. The number of fused-ring (bicyclic) bond motifs is 1. The van der Waals surface area contributed by atoms with Gasteiger partial charge in [-0.3, -0.25) is 14.9 Å². The Morgan fingerprint density at radius 1 is 0.944 bits per heavy atom. The molecule has 1 aromatic heterocycles. The van der Waals surface area contributed by atoms with Crippen molar-refractivity contribution in [2.45, 2.75) is 13.0 Å². The molecule has 0 radical (unpaired) electrons. The quantitative estimate of drug-likeness (QED) is 0.314. The first-order chi connectivity index (χ1) is 17.5. The van der Waals surface area contributed by atoms with E-state index in [-0.39, 0.29) is 5.57 Å². The molecule has 36 heavy (non-hydrogen) atoms. The molecule has 0 saturated heterocycles. The van der Waals surface area contributed by atoms with Crippen molar-refractivity contribution < 1.29 is 34.0 Å². The van der Waals surface area contributed by atoms with Crippen LogP contribution in [0.15, 0.2) is 42.6 Å². The summed E-state index contributed by atoms with van der Waals surface area (Å²) >= 11 is 0. The van der Waals surface area contributed by atoms with E-state index in [1.165, 1.54) is 28.4 Å². The average Bonchev–Trinajstić information content (AvgIpc) is 3.44. The third kappa shape index (κ3) is 5.35. The van der Waals surface area contributed by atoms with Gasteiger partial charge in [0.25, 0.3) is 11.8 Å². The molecule has 0 saturated carbocycles. The summed E-state index contributed by atoms with van der Waals surface area (Å²) in [5.74, 6) is 0.278. The Labute approximate surface area is 209 Å². The van der Waals surface area contributed by atoms with Gasteiger partial charge in [-0.05, 0) is 36.7 Å². The number of methoxy groups -OCH3 is 3. The van der Waals surface area contributed by atoms with E-state index in [2.05, 4.69) is 9.88 Å². The standard InChI is InChI=1S/C24H25N3O5.2CH4O/c1-30-18-11-14(12-19(31-2)22(18)32-3)20-21(24(29)26-23(20)28)16-13-27(10-6-9-25)17-8-5-4-7-15(16)17;2*1-2/h4-5,7-8,11-13H,6,9-10,25H2,1-3H3,(H,26,28,29);2*2H,1H3/p+1. The predicted molar refractivity (Wildman–Crippen MR) is 139 cm³/mol. The third-order valence-corrected chi connectivity index (χ3v) is 5.55. The van der Waals surface area contributed by atoms with Gasteiger partial charge in [0.2, 0.25) is 5.75 Å². The lowest BCUT2D eigenvalue weighted by Crippen LogP contribution is -2.22. The summed E-state index contributed by atoms with van der Waals surface area (Å²) in [5.41, 5.74) is 8.43. The van der Waals surface area contributed by atoms with E-state index < -0.39 is 11.8 Å². The number of hydrogen-bond acceptors (Lipinski definition) is 7. The molecule has 10 heteroatoms. The zero-order valence-electron chi connectivity index (χ0n) is 21.2. The van der Waals surface area contributed by atoms with Crippen LogP contribution in [-0.4, -0.2) is 68.7 Å². The number of aliphatic hydroxyl groups excluding tert-OH is 1. The number of ether oxygens (including phenoxy) is 3. The number of aliphatic hydroxyl groups is 1. The molecule has 0 bridgehead atoms. The Morgan fingerprint density at radius 2 is 1.53 bits per heavy atom. The van der Waals surface area contributed by atoms with Crippen molar-refractivity contribution in [2.75, 3.05) is 42.1 Å². The first-order valence-corrected chi connectivity index (χ1v) is 11.2. The minimum atomic E-state index is -0.474. The Hall–Kier alpha value is -3.86. The topological polar surface area (TPSA) is 148 Å². The van der Waals surface area contributed by atoms with Crippen LogP contribution in [0.1, 0.15) is 17.5 Å². The summed E-state index contributed by atoms with van der Waals surface area (Å²) in [4.78, 5) is 25.9. The molecule has 194 valence electrons. The van der Waals surface area contributed by atoms with Gasteiger partial charge in [-0.15, -0.1) is 0 Å².